The monoisotopic (exact) mass is 395 g/mol. The van der Waals surface area contributed by atoms with Crippen molar-refractivity contribution in [2.75, 3.05) is 6.54 Å². The lowest BCUT2D eigenvalue weighted by atomic mass is 10.0. The molecule has 0 saturated carbocycles. The Morgan fingerprint density at radius 3 is 2.44 bits per heavy atom. The van der Waals surface area contributed by atoms with Gasteiger partial charge in [0, 0.05) is 30.8 Å². The van der Waals surface area contributed by atoms with Crippen LogP contribution in [0.5, 0.6) is 0 Å². The Balaban J connectivity index is 1.87. The normalized spacial score (nSPS) is 15.7. The minimum Gasteiger partial charge on any atom is -0.303 e. The Labute approximate surface area is 147 Å². The van der Waals surface area contributed by atoms with Gasteiger partial charge in [0.25, 0.3) is 5.56 Å². The lowest BCUT2D eigenvalue weighted by molar-refractivity contribution is -0.145. The van der Waals surface area contributed by atoms with Gasteiger partial charge in [-0.15, -0.1) is 0 Å². The minimum atomic E-state index is -4.84. The fourth-order valence-electron chi connectivity index (χ4n) is 2.88. The number of alkyl halides is 6. The topological polar surface area (TPSA) is 49.0 Å². The first-order valence-electron chi connectivity index (χ1n) is 7.72. The number of hydrogen-bond donors (Lipinski definition) is 1. The van der Waals surface area contributed by atoms with E-state index in [4.69, 9.17) is 0 Å². The number of benzene rings is 1. The number of halogens is 7. The van der Waals surface area contributed by atoms with Gasteiger partial charge in [-0.2, -0.15) is 26.3 Å². The summed E-state index contributed by atoms with van der Waals surface area (Å²) in [5.74, 6) is -2.30. The fourth-order valence-corrected chi connectivity index (χ4v) is 2.88. The van der Waals surface area contributed by atoms with Crippen molar-refractivity contribution in [1.29, 1.82) is 0 Å². The summed E-state index contributed by atoms with van der Waals surface area (Å²) >= 11 is 0. The Kier molecular flexibility index (Phi) is 4.74. The molecule has 4 nitrogen and oxygen atoms in total. The van der Waals surface area contributed by atoms with Crippen molar-refractivity contribution in [1.82, 2.24) is 14.9 Å². The molecule has 0 unspecified atom stereocenters. The van der Waals surface area contributed by atoms with Crippen LogP contribution in [-0.2, 0) is 31.9 Å². The van der Waals surface area contributed by atoms with Gasteiger partial charge in [-0.25, -0.2) is 9.37 Å². The zero-order valence-corrected chi connectivity index (χ0v) is 13.5. The third-order valence-corrected chi connectivity index (χ3v) is 4.19. The number of fused-ring (bicyclic) bond motifs is 1. The number of aromatic amines is 1. The van der Waals surface area contributed by atoms with Crippen LogP contribution in [0, 0.1) is 5.82 Å². The van der Waals surface area contributed by atoms with Crippen molar-refractivity contribution in [3.63, 3.8) is 0 Å². The van der Waals surface area contributed by atoms with E-state index in [0.717, 1.165) is 0 Å². The van der Waals surface area contributed by atoms with E-state index >= 15 is 0 Å². The Morgan fingerprint density at radius 2 is 1.81 bits per heavy atom. The second-order valence-electron chi connectivity index (χ2n) is 6.10. The molecule has 0 saturated heterocycles. The maximum Gasteiger partial charge on any atom is 0.449 e. The molecule has 1 N–H and O–H groups in total. The first-order valence-corrected chi connectivity index (χ1v) is 7.72. The zero-order valence-electron chi connectivity index (χ0n) is 13.5. The molecule has 0 atom stereocenters. The van der Waals surface area contributed by atoms with Gasteiger partial charge >= 0.3 is 12.4 Å². The van der Waals surface area contributed by atoms with E-state index in [-0.39, 0.29) is 42.9 Å². The molecular weight excluding hydrogens is 383 g/mol. The third-order valence-electron chi connectivity index (χ3n) is 4.19. The van der Waals surface area contributed by atoms with Crippen LogP contribution in [-0.4, -0.2) is 21.4 Å². The van der Waals surface area contributed by atoms with Crippen LogP contribution in [0.25, 0.3) is 0 Å². The number of nitrogens with one attached hydrogen (secondary N) is 1. The molecule has 1 aliphatic heterocycles. The van der Waals surface area contributed by atoms with E-state index in [1.807, 2.05) is 0 Å². The van der Waals surface area contributed by atoms with Gasteiger partial charge in [0.2, 0.25) is 5.82 Å². The van der Waals surface area contributed by atoms with Crippen LogP contribution in [0.4, 0.5) is 30.7 Å². The van der Waals surface area contributed by atoms with Gasteiger partial charge < -0.3 is 4.98 Å². The second-order valence-corrected chi connectivity index (χ2v) is 6.10. The second kappa shape index (κ2) is 6.63. The summed E-state index contributed by atoms with van der Waals surface area (Å²) in [5.41, 5.74) is -2.20. The quantitative estimate of drug-likeness (QED) is 0.792. The molecule has 0 spiro atoms. The van der Waals surface area contributed by atoms with E-state index < -0.39 is 35.1 Å². The molecule has 11 heteroatoms. The molecule has 1 aromatic carbocycles. The van der Waals surface area contributed by atoms with Crippen LogP contribution in [0.1, 0.15) is 28.2 Å². The standard InChI is InChI=1S/C16H12F7N3O/c17-11-2-1-9(15(18,19)20)5-8(11)6-26-4-3-10-12(7-26)24-14(16(21,22)23)25-13(10)27/h1-2,5H,3-4,6-7H2,(H,24,25,27). The summed E-state index contributed by atoms with van der Waals surface area (Å²) in [6.45, 7) is -0.304. The van der Waals surface area contributed by atoms with Gasteiger partial charge in [0.05, 0.1) is 11.3 Å². The van der Waals surface area contributed by atoms with Gasteiger partial charge in [-0.1, -0.05) is 0 Å². The molecule has 0 fully saturated rings. The van der Waals surface area contributed by atoms with Crippen LogP contribution >= 0.6 is 0 Å². The molecule has 1 aromatic heterocycles. The summed E-state index contributed by atoms with van der Waals surface area (Å²) in [5, 5.41) is 0. The average molecular weight is 395 g/mol. The highest BCUT2D eigenvalue weighted by Crippen LogP contribution is 2.31. The Bertz CT molecular complexity index is 918. The first kappa shape index (κ1) is 19.3. The minimum absolute atomic E-state index is 0.0520. The van der Waals surface area contributed by atoms with Crippen LogP contribution < -0.4 is 5.56 Å². The van der Waals surface area contributed by atoms with E-state index in [1.54, 1.807) is 4.98 Å². The van der Waals surface area contributed by atoms with Crippen LogP contribution in [0.2, 0.25) is 0 Å². The van der Waals surface area contributed by atoms with Crippen LogP contribution in [0.15, 0.2) is 23.0 Å². The van der Waals surface area contributed by atoms with Gasteiger partial charge in [0.1, 0.15) is 5.82 Å². The van der Waals surface area contributed by atoms with E-state index in [2.05, 4.69) is 4.98 Å². The summed E-state index contributed by atoms with van der Waals surface area (Å²) in [6.07, 6.45) is -9.44. The van der Waals surface area contributed by atoms with Crippen molar-refractivity contribution in [3.05, 3.63) is 62.6 Å². The Hall–Kier alpha value is -2.43. The summed E-state index contributed by atoms with van der Waals surface area (Å²) in [7, 11) is 0. The third kappa shape index (κ3) is 4.12. The first-order chi connectivity index (χ1) is 12.4. The van der Waals surface area contributed by atoms with Crippen LogP contribution in [0.3, 0.4) is 0 Å². The molecule has 2 heterocycles. The molecule has 27 heavy (non-hydrogen) atoms. The number of hydrogen-bond acceptors (Lipinski definition) is 3. The SMILES string of the molecule is O=c1[nH]c(C(F)(F)F)nc2c1CCN(Cc1cc(C(F)(F)F)ccc1F)C2. The summed E-state index contributed by atoms with van der Waals surface area (Å²) in [6, 6.07) is 1.97. The molecule has 146 valence electrons. The maximum atomic E-state index is 13.9. The molecule has 3 rings (SSSR count). The molecule has 2 aromatic rings. The van der Waals surface area contributed by atoms with E-state index in [0.29, 0.717) is 18.2 Å². The molecule has 1 aliphatic rings. The van der Waals surface area contributed by atoms with E-state index in [9.17, 15) is 35.5 Å². The lowest BCUT2D eigenvalue weighted by Gasteiger charge is -2.28. The lowest BCUT2D eigenvalue weighted by Crippen LogP contribution is -2.36. The smallest absolute Gasteiger partial charge is 0.303 e. The molecular formula is C16H12F7N3O. The molecule has 0 radical (unpaired) electrons. The van der Waals surface area contributed by atoms with Crippen molar-refractivity contribution < 1.29 is 30.7 Å². The molecule has 0 aliphatic carbocycles. The largest absolute Gasteiger partial charge is 0.449 e. The number of H-pyrrole nitrogens is 1. The van der Waals surface area contributed by atoms with Crippen molar-refractivity contribution >= 4 is 0 Å². The van der Waals surface area contributed by atoms with Gasteiger partial charge in [-0.05, 0) is 24.6 Å². The van der Waals surface area contributed by atoms with E-state index in [1.165, 1.54) is 4.90 Å². The zero-order chi connectivity index (χ0) is 20.0. The summed E-state index contributed by atoms with van der Waals surface area (Å²) in [4.78, 5) is 18.3. The summed E-state index contributed by atoms with van der Waals surface area (Å²) < 4.78 is 90.6. The highest BCUT2D eigenvalue weighted by atomic mass is 19.4. The van der Waals surface area contributed by atoms with Crippen molar-refractivity contribution in [3.8, 4) is 0 Å². The molecule has 0 bridgehead atoms. The predicted octanol–water partition coefficient (Wildman–Crippen LogP) is 3.50. The maximum absolute atomic E-state index is 13.9. The van der Waals surface area contributed by atoms with Crippen molar-refractivity contribution in [2.24, 2.45) is 0 Å². The average Bonchev–Trinajstić information content (AvgIpc) is 2.54. The predicted molar refractivity (Wildman–Crippen MR) is 79.1 cm³/mol. The van der Waals surface area contributed by atoms with Gasteiger partial charge in [0.15, 0.2) is 0 Å². The highest BCUT2D eigenvalue weighted by Gasteiger charge is 2.36. The fraction of sp³-hybridized carbons (Fsp3) is 0.375. The Morgan fingerprint density at radius 1 is 1.11 bits per heavy atom. The highest BCUT2D eigenvalue weighted by molar-refractivity contribution is 5.28. The van der Waals surface area contributed by atoms with Gasteiger partial charge in [-0.3, -0.25) is 9.69 Å². The number of nitrogens with zero attached hydrogens (tertiary/aromatic N) is 2. The molecule has 0 amide bonds. The van der Waals surface area contributed by atoms with Crippen molar-refractivity contribution in [2.45, 2.75) is 31.9 Å². The number of rotatable bonds is 2. The number of aromatic nitrogens is 2.